The van der Waals surface area contributed by atoms with Crippen molar-refractivity contribution in [3.63, 3.8) is 0 Å². The van der Waals surface area contributed by atoms with Gasteiger partial charge in [-0.2, -0.15) is 13.8 Å². The first-order valence-corrected chi connectivity index (χ1v) is 8.40. The van der Waals surface area contributed by atoms with E-state index < -0.39 is 6.61 Å². The maximum absolute atomic E-state index is 12.1. The van der Waals surface area contributed by atoms with Crippen molar-refractivity contribution < 1.29 is 18.3 Å². The van der Waals surface area contributed by atoms with Crippen LogP contribution in [0.4, 0.5) is 14.7 Å². The average Bonchev–Trinajstić information content (AvgIpc) is 3.09. The molecule has 0 bridgehead atoms. The van der Waals surface area contributed by atoms with Crippen molar-refractivity contribution in [2.75, 3.05) is 5.32 Å². The van der Waals surface area contributed by atoms with E-state index in [2.05, 4.69) is 25.2 Å². The minimum absolute atomic E-state index is 0.0750. The molecule has 0 aliphatic heterocycles. The Kier molecular flexibility index (Phi) is 5.97. The second-order valence-electron chi connectivity index (χ2n) is 5.56. The zero-order valence-electron chi connectivity index (χ0n) is 14.0. The molecule has 0 spiro atoms. The van der Waals surface area contributed by atoms with Gasteiger partial charge < -0.3 is 4.74 Å². The van der Waals surface area contributed by atoms with Gasteiger partial charge in [0, 0.05) is 12.0 Å². The highest BCUT2D eigenvalue weighted by Gasteiger charge is 2.11. The van der Waals surface area contributed by atoms with Crippen molar-refractivity contribution >= 4 is 23.5 Å². The second-order valence-corrected chi connectivity index (χ2v) is 5.97. The molecule has 1 amide bonds. The lowest BCUT2D eigenvalue weighted by Crippen LogP contribution is -2.13. The number of aryl methyl sites for hydroxylation is 1. The van der Waals surface area contributed by atoms with Crippen molar-refractivity contribution in [1.82, 2.24) is 15.2 Å². The fourth-order valence-electron chi connectivity index (χ4n) is 2.37. The summed E-state index contributed by atoms with van der Waals surface area (Å²) >= 11 is 6.10. The predicted octanol–water partition coefficient (Wildman–Crippen LogP) is 4.30. The van der Waals surface area contributed by atoms with Gasteiger partial charge in [0.25, 0.3) is 0 Å². The molecule has 3 rings (SSSR count). The van der Waals surface area contributed by atoms with Crippen LogP contribution in [0.3, 0.4) is 0 Å². The summed E-state index contributed by atoms with van der Waals surface area (Å²) in [6.07, 6.45) is 0.619. The summed E-state index contributed by atoms with van der Waals surface area (Å²) in [4.78, 5) is 16.3. The van der Waals surface area contributed by atoms with Crippen LogP contribution in [0.25, 0.3) is 11.4 Å². The van der Waals surface area contributed by atoms with Crippen LogP contribution in [-0.4, -0.2) is 27.7 Å². The summed E-state index contributed by atoms with van der Waals surface area (Å²) in [5.41, 5.74) is 1.50. The van der Waals surface area contributed by atoms with Gasteiger partial charge in [0.05, 0.1) is 5.02 Å². The Morgan fingerprint density at radius 2 is 1.93 bits per heavy atom. The Labute approximate surface area is 158 Å². The third-order valence-corrected chi connectivity index (χ3v) is 3.98. The lowest BCUT2D eigenvalue weighted by molar-refractivity contribution is -0.116. The summed E-state index contributed by atoms with van der Waals surface area (Å²) < 4.78 is 28.5. The van der Waals surface area contributed by atoms with Gasteiger partial charge in [-0.25, -0.2) is 0 Å². The van der Waals surface area contributed by atoms with Crippen LogP contribution >= 0.6 is 11.6 Å². The Bertz CT molecular complexity index is 916. The quantitative estimate of drug-likeness (QED) is 0.628. The van der Waals surface area contributed by atoms with E-state index in [9.17, 15) is 13.6 Å². The molecule has 0 unspecified atom stereocenters. The molecule has 0 aliphatic rings. The third-order valence-electron chi connectivity index (χ3n) is 3.65. The number of alkyl halides is 2. The number of benzene rings is 2. The number of nitrogens with one attached hydrogen (secondary N) is 2. The maximum Gasteiger partial charge on any atom is 0.387 e. The Morgan fingerprint density at radius 1 is 1.19 bits per heavy atom. The highest BCUT2D eigenvalue weighted by molar-refractivity contribution is 6.33. The van der Waals surface area contributed by atoms with E-state index in [1.807, 2.05) is 6.07 Å². The highest BCUT2D eigenvalue weighted by Crippen LogP contribution is 2.25. The second kappa shape index (κ2) is 8.59. The number of carbonyl (C=O) groups is 1. The number of ether oxygens (including phenoxy) is 1. The lowest BCUT2D eigenvalue weighted by atomic mass is 10.1. The smallest absolute Gasteiger partial charge is 0.387 e. The number of amides is 1. The molecular formula is C18H15ClF2N4O2. The van der Waals surface area contributed by atoms with Crippen LogP contribution in [0.15, 0.2) is 48.5 Å². The minimum atomic E-state index is -2.86. The zero-order valence-corrected chi connectivity index (χ0v) is 14.7. The predicted molar refractivity (Wildman–Crippen MR) is 96.9 cm³/mol. The van der Waals surface area contributed by atoms with Crippen molar-refractivity contribution in [3.8, 4) is 17.1 Å². The molecule has 0 atom stereocenters. The van der Waals surface area contributed by atoms with Crippen molar-refractivity contribution in [3.05, 3.63) is 59.1 Å². The van der Waals surface area contributed by atoms with Crippen molar-refractivity contribution in [2.24, 2.45) is 0 Å². The van der Waals surface area contributed by atoms with Crippen molar-refractivity contribution in [2.45, 2.75) is 19.5 Å². The topological polar surface area (TPSA) is 79.9 Å². The van der Waals surface area contributed by atoms with Crippen LogP contribution in [0, 0.1) is 0 Å². The fraction of sp³-hybridized carbons (Fsp3) is 0.167. The summed E-state index contributed by atoms with van der Waals surface area (Å²) in [5.74, 6) is 0.403. The van der Waals surface area contributed by atoms with Gasteiger partial charge in [0.2, 0.25) is 11.9 Å². The van der Waals surface area contributed by atoms with Gasteiger partial charge in [0.1, 0.15) is 5.75 Å². The van der Waals surface area contributed by atoms with Crippen LogP contribution in [-0.2, 0) is 11.2 Å². The normalized spacial score (nSPS) is 10.8. The number of rotatable bonds is 7. The van der Waals surface area contributed by atoms with Gasteiger partial charge in [-0.3, -0.25) is 15.2 Å². The molecule has 0 fully saturated rings. The Hall–Kier alpha value is -3.00. The van der Waals surface area contributed by atoms with Gasteiger partial charge in [-0.1, -0.05) is 35.9 Å². The van der Waals surface area contributed by atoms with E-state index in [1.165, 1.54) is 12.1 Å². The molecule has 0 aliphatic carbocycles. The number of hydrogen-bond acceptors (Lipinski definition) is 4. The molecule has 0 saturated carbocycles. The summed E-state index contributed by atoms with van der Waals surface area (Å²) in [6.45, 7) is -2.86. The molecule has 27 heavy (non-hydrogen) atoms. The van der Waals surface area contributed by atoms with Crippen LogP contribution < -0.4 is 10.1 Å². The molecule has 2 N–H and O–H groups in total. The minimum Gasteiger partial charge on any atom is -0.435 e. The summed E-state index contributed by atoms with van der Waals surface area (Å²) in [6, 6.07) is 13.3. The van der Waals surface area contributed by atoms with Crippen LogP contribution in [0.5, 0.6) is 5.75 Å². The number of nitrogens with zero attached hydrogens (tertiary/aromatic N) is 2. The van der Waals surface area contributed by atoms with E-state index in [4.69, 9.17) is 11.6 Å². The molecule has 2 aromatic carbocycles. The van der Waals surface area contributed by atoms with E-state index in [0.717, 1.165) is 5.56 Å². The van der Waals surface area contributed by atoms with Gasteiger partial charge in [0.15, 0.2) is 5.82 Å². The summed E-state index contributed by atoms with van der Waals surface area (Å²) in [5, 5.41) is 9.80. The van der Waals surface area contributed by atoms with Gasteiger partial charge in [-0.15, -0.1) is 5.10 Å². The molecule has 3 aromatic rings. The number of H-pyrrole nitrogens is 1. The first-order valence-electron chi connectivity index (χ1n) is 8.02. The van der Waals surface area contributed by atoms with Crippen LogP contribution in [0.2, 0.25) is 5.02 Å². The number of aromatic amines is 1. The first kappa shape index (κ1) is 18.8. The Balaban J connectivity index is 1.53. The van der Waals surface area contributed by atoms with E-state index in [-0.39, 0.29) is 24.0 Å². The standard InChI is InChI=1S/C18H15ClF2N4O2/c19-14-4-2-1-3-13(14)16-23-18(25-24-16)22-15(26)10-7-11-5-8-12(9-6-11)27-17(20)21/h1-6,8-9,17H,7,10H2,(H2,22,23,24,25,26). The first-order chi connectivity index (χ1) is 13.0. The largest absolute Gasteiger partial charge is 0.435 e. The third kappa shape index (κ3) is 5.24. The molecule has 140 valence electrons. The molecule has 9 heteroatoms. The van der Waals surface area contributed by atoms with E-state index in [0.29, 0.717) is 22.8 Å². The van der Waals surface area contributed by atoms with Crippen molar-refractivity contribution in [1.29, 1.82) is 0 Å². The number of aromatic nitrogens is 3. The molecule has 0 saturated heterocycles. The van der Waals surface area contributed by atoms with Gasteiger partial charge >= 0.3 is 6.61 Å². The summed E-state index contributed by atoms with van der Waals surface area (Å²) in [7, 11) is 0. The molecule has 0 radical (unpaired) electrons. The molecule has 1 aromatic heterocycles. The monoisotopic (exact) mass is 392 g/mol. The molecule has 6 nitrogen and oxygen atoms in total. The highest BCUT2D eigenvalue weighted by atomic mass is 35.5. The number of carbonyl (C=O) groups excluding carboxylic acids is 1. The van der Waals surface area contributed by atoms with E-state index >= 15 is 0 Å². The SMILES string of the molecule is O=C(CCc1ccc(OC(F)F)cc1)Nc1n[nH]c(-c2ccccc2Cl)n1. The molecule has 1 heterocycles. The zero-order chi connectivity index (χ0) is 19.2. The maximum atomic E-state index is 12.1. The number of hydrogen-bond donors (Lipinski definition) is 2. The number of anilines is 1. The lowest BCUT2D eigenvalue weighted by Gasteiger charge is -2.05. The van der Waals surface area contributed by atoms with E-state index in [1.54, 1.807) is 30.3 Å². The average molecular weight is 393 g/mol. The van der Waals surface area contributed by atoms with Crippen LogP contribution in [0.1, 0.15) is 12.0 Å². The van der Waals surface area contributed by atoms with Gasteiger partial charge in [-0.05, 0) is 36.2 Å². The number of halogens is 3. The fourth-order valence-corrected chi connectivity index (χ4v) is 2.60. The Morgan fingerprint density at radius 3 is 2.63 bits per heavy atom. The molecular weight excluding hydrogens is 378 g/mol.